The molecule has 34 heavy (non-hydrogen) atoms. The highest BCUT2D eigenvalue weighted by atomic mass is 16.2. The second-order valence-corrected chi connectivity index (χ2v) is 9.39. The quantitative estimate of drug-likeness (QED) is 0.533. The summed E-state index contributed by atoms with van der Waals surface area (Å²) < 4.78 is 0. The lowest BCUT2D eigenvalue weighted by atomic mass is 9.70. The molecule has 0 radical (unpaired) electrons. The Morgan fingerprint density at radius 2 is 1.47 bits per heavy atom. The van der Waals surface area contributed by atoms with E-state index in [1.165, 1.54) is 0 Å². The summed E-state index contributed by atoms with van der Waals surface area (Å²) in [7, 11) is 0. The SMILES string of the molecule is CCCc1ccc2c(c1N1CCC(C(N)(c3ccccc3)c3ccccc3)CC1)C(=O)NC2=O. The minimum atomic E-state index is -0.590. The van der Waals surface area contributed by atoms with Gasteiger partial charge in [0.25, 0.3) is 11.8 Å². The van der Waals surface area contributed by atoms with Crippen LogP contribution in [0, 0.1) is 5.92 Å². The molecule has 0 unspecified atom stereocenters. The zero-order chi connectivity index (χ0) is 23.7. The predicted molar refractivity (Wildman–Crippen MR) is 135 cm³/mol. The molecule has 0 atom stereocenters. The molecule has 1 fully saturated rings. The van der Waals surface area contributed by atoms with E-state index in [0.717, 1.165) is 61.2 Å². The average molecular weight is 454 g/mol. The summed E-state index contributed by atoms with van der Waals surface area (Å²) in [6.45, 7) is 3.72. The molecule has 5 nitrogen and oxygen atoms in total. The largest absolute Gasteiger partial charge is 0.371 e. The van der Waals surface area contributed by atoms with Gasteiger partial charge in [0.1, 0.15) is 0 Å². The van der Waals surface area contributed by atoms with E-state index in [2.05, 4.69) is 65.7 Å². The number of nitrogens with zero attached hydrogens (tertiary/aromatic N) is 1. The number of imide groups is 1. The van der Waals surface area contributed by atoms with Gasteiger partial charge in [-0.25, -0.2) is 0 Å². The zero-order valence-electron chi connectivity index (χ0n) is 19.6. The van der Waals surface area contributed by atoms with Gasteiger partial charge >= 0.3 is 0 Å². The molecule has 3 aromatic carbocycles. The van der Waals surface area contributed by atoms with Crippen LogP contribution in [0.2, 0.25) is 0 Å². The fraction of sp³-hybridized carbons (Fsp3) is 0.310. The predicted octanol–water partition coefficient (Wildman–Crippen LogP) is 4.64. The van der Waals surface area contributed by atoms with Crippen molar-refractivity contribution in [2.24, 2.45) is 11.7 Å². The van der Waals surface area contributed by atoms with Gasteiger partial charge in [-0.1, -0.05) is 80.1 Å². The molecule has 2 amide bonds. The monoisotopic (exact) mass is 453 g/mol. The lowest BCUT2D eigenvalue weighted by Crippen LogP contribution is -2.50. The van der Waals surface area contributed by atoms with Crippen molar-refractivity contribution in [1.82, 2.24) is 5.32 Å². The van der Waals surface area contributed by atoms with E-state index >= 15 is 0 Å². The molecule has 0 bridgehead atoms. The topological polar surface area (TPSA) is 75.4 Å². The first-order valence-corrected chi connectivity index (χ1v) is 12.2. The van der Waals surface area contributed by atoms with Crippen molar-refractivity contribution in [3.63, 3.8) is 0 Å². The number of nitrogens with two attached hydrogens (primary N) is 1. The zero-order valence-corrected chi connectivity index (χ0v) is 19.6. The Labute approximate surface area is 201 Å². The third-order valence-electron chi connectivity index (χ3n) is 7.44. The van der Waals surface area contributed by atoms with Crippen LogP contribution in [-0.2, 0) is 12.0 Å². The molecule has 3 N–H and O–H groups in total. The molecule has 2 heterocycles. The molecule has 0 saturated carbocycles. The first-order valence-electron chi connectivity index (χ1n) is 12.2. The van der Waals surface area contributed by atoms with Crippen LogP contribution < -0.4 is 16.0 Å². The van der Waals surface area contributed by atoms with Gasteiger partial charge in [-0.2, -0.15) is 0 Å². The highest BCUT2D eigenvalue weighted by Gasteiger charge is 2.41. The van der Waals surface area contributed by atoms with E-state index in [0.29, 0.717) is 11.1 Å². The Hall–Kier alpha value is -3.44. The Morgan fingerprint density at radius 1 is 0.882 bits per heavy atom. The van der Waals surface area contributed by atoms with Gasteiger partial charge in [0.05, 0.1) is 22.4 Å². The standard InChI is InChI=1S/C29H31N3O2/c1-2-9-20-14-15-24-25(28(34)31-27(24)33)26(20)32-18-16-23(17-19-32)29(30,21-10-5-3-6-11-21)22-12-7-4-8-13-22/h3-8,10-15,23H,2,9,16-19,30H2,1H3,(H,31,33,34). The number of nitrogens with one attached hydrogen (secondary N) is 1. The van der Waals surface area contributed by atoms with Gasteiger partial charge in [-0.05, 0) is 47.9 Å². The Morgan fingerprint density at radius 3 is 2.03 bits per heavy atom. The Bertz CT molecular complexity index is 1160. The number of fused-ring (bicyclic) bond motifs is 1. The molecular formula is C29H31N3O2. The number of aryl methyl sites for hydroxylation is 1. The summed E-state index contributed by atoms with van der Waals surface area (Å²) in [5, 5.41) is 2.48. The molecule has 5 heteroatoms. The van der Waals surface area contributed by atoms with E-state index in [1.54, 1.807) is 6.07 Å². The maximum atomic E-state index is 12.7. The molecular weight excluding hydrogens is 422 g/mol. The molecule has 1 saturated heterocycles. The number of carbonyl (C=O) groups is 2. The van der Waals surface area contributed by atoms with Crippen molar-refractivity contribution < 1.29 is 9.59 Å². The second kappa shape index (κ2) is 9.07. The molecule has 0 spiro atoms. The van der Waals surface area contributed by atoms with Gasteiger partial charge in [-0.3, -0.25) is 14.9 Å². The minimum Gasteiger partial charge on any atom is -0.371 e. The first-order chi connectivity index (χ1) is 16.5. The summed E-state index contributed by atoms with van der Waals surface area (Å²) in [6.07, 6.45) is 3.64. The third-order valence-corrected chi connectivity index (χ3v) is 7.44. The molecule has 2 aliphatic heterocycles. The fourth-order valence-electron chi connectivity index (χ4n) is 5.74. The third kappa shape index (κ3) is 3.70. The molecule has 174 valence electrons. The summed E-state index contributed by atoms with van der Waals surface area (Å²) >= 11 is 0. The second-order valence-electron chi connectivity index (χ2n) is 9.39. The van der Waals surface area contributed by atoms with Crippen LogP contribution in [0.5, 0.6) is 0 Å². The number of amides is 2. The first kappa shape index (κ1) is 22.4. The normalized spacial score (nSPS) is 16.5. The summed E-state index contributed by atoms with van der Waals surface area (Å²) in [5.74, 6) is -0.333. The maximum Gasteiger partial charge on any atom is 0.261 e. The van der Waals surface area contributed by atoms with E-state index < -0.39 is 5.54 Å². The van der Waals surface area contributed by atoms with Gasteiger partial charge in [-0.15, -0.1) is 0 Å². The van der Waals surface area contributed by atoms with E-state index in [9.17, 15) is 9.59 Å². The van der Waals surface area contributed by atoms with Crippen LogP contribution in [0.4, 0.5) is 5.69 Å². The van der Waals surface area contributed by atoms with Crippen LogP contribution in [0.25, 0.3) is 0 Å². The van der Waals surface area contributed by atoms with Gasteiger partial charge in [0.2, 0.25) is 0 Å². The Kier molecular flexibility index (Phi) is 5.96. The molecule has 0 aliphatic carbocycles. The van der Waals surface area contributed by atoms with Crippen molar-refractivity contribution in [3.8, 4) is 0 Å². The van der Waals surface area contributed by atoms with Crippen LogP contribution in [0.1, 0.15) is 63.6 Å². The lowest BCUT2D eigenvalue weighted by Gasteiger charge is -2.44. The van der Waals surface area contributed by atoms with Crippen molar-refractivity contribution >= 4 is 17.5 Å². The molecule has 2 aliphatic rings. The summed E-state index contributed by atoms with van der Waals surface area (Å²) in [4.78, 5) is 27.3. The average Bonchev–Trinajstić information content (AvgIpc) is 3.18. The molecule has 5 rings (SSSR count). The summed E-state index contributed by atoms with van der Waals surface area (Å²) in [5.41, 5.74) is 12.0. The van der Waals surface area contributed by atoms with Crippen molar-refractivity contribution in [2.75, 3.05) is 18.0 Å². The van der Waals surface area contributed by atoms with Gasteiger partial charge in [0, 0.05) is 13.1 Å². The van der Waals surface area contributed by atoms with E-state index in [-0.39, 0.29) is 17.7 Å². The van der Waals surface area contributed by atoms with Crippen LogP contribution in [0.15, 0.2) is 72.8 Å². The van der Waals surface area contributed by atoms with Crippen LogP contribution in [0.3, 0.4) is 0 Å². The smallest absolute Gasteiger partial charge is 0.261 e. The van der Waals surface area contributed by atoms with Crippen molar-refractivity contribution in [2.45, 2.75) is 38.1 Å². The van der Waals surface area contributed by atoms with E-state index in [4.69, 9.17) is 5.73 Å². The minimum absolute atomic E-state index is 0.246. The molecule has 0 aromatic heterocycles. The van der Waals surface area contributed by atoms with Gasteiger partial charge in [0.15, 0.2) is 0 Å². The number of anilines is 1. The number of hydrogen-bond acceptors (Lipinski definition) is 4. The van der Waals surface area contributed by atoms with Crippen LogP contribution in [-0.4, -0.2) is 24.9 Å². The van der Waals surface area contributed by atoms with Crippen molar-refractivity contribution in [1.29, 1.82) is 0 Å². The summed E-state index contributed by atoms with van der Waals surface area (Å²) in [6, 6.07) is 24.6. The fourth-order valence-corrected chi connectivity index (χ4v) is 5.74. The lowest BCUT2D eigenvalue weighted by molar-refractivity contribution is 0.0879. The highest BCUT2D eigenvalue weighted by molar-refractivity contribution is 6.24. The maximum absolute atomic E-state index is 12.7. The number of carbonyl (C=O) groups excluding carboxylic acids is 2. The Balaban J connectivity index is 1.48. The number of piperidine rings is 1. The van der Waals surface area contributed by atoms with Gasteiger partial charge < -0.3 is 10.6 Å². The highest BCUT2D eigenvalue weighted by Crippen LogP contribution is 2.42. The number of hydrogen-bond donors (Lipinski definition) is 2. The number of benzene rings is 3. The molecule has 3 aromatic rings. The van der Waals surface area contributed by atoms with Crippen LogP contribution >= 0.6 is 0 Å². The number of rotatable bonds is 6. The van der Waals surface area contributed by atoms with E-state index in [1.807, 2.05) is 18.2 Å². The van der Waals surface area contributed by atoms with Crippen molar-refractivity contribution in [3.05, 3.63) is 101 Å².